The maximum atomic E-state index is 12.4. The molecule has 2 aliphatic rings. The third kappa shape index (κ3) is 4.07. The van der Waals surface area contributed by atoms with Crippen LogP contribution in [0.15, 0.2) is 65.8 Å². The van der Waals surface area contributed by atoms with Crippen LogP contribution in [-0.2, 0) is 17.8 Å². The summed E-state index contributed by atoms with van der Waals surface area (Å²) in [6.45, 7) is 1.74. The van der Waals surface area contributed by atoms with Gasteiger partial charge in [-0.25, -0.2) is 0 Å². The van der Waals surface area contributed by atoms with E-state index < -0.39 is 0 Å². The Balaban J connectivity index is 0.00000192. The number of carbonyl (C=O) groups excluding carboxylic acids is 1. The highest BCUT2D eigenvalue weighted by Crippen LogP contribution is 2.19. The van der Waals surface area contributed by atoms with Gasteiger partial charge in [0, 0.05) is 25.5 Å². The monoisotopic (exact) mass is 331 g/mol. The maximum absolute atomic E-state index is 12.4. The molecular weight excluding hydrogens is 314 g/mol. The Morgan fingerprint density at radius 2 is 1.87 bits per heavy atom. The van der Waals surface area contributed by atoms with Crippen molar-refractivity contribution in [2.45, 2.75) is 13.0 Å². The molecule has 23 heavy (non-hydrogen) atoms. The summed E-state index contributed by atoms with van der Waals surface area (Å²) in [5.41, 5.74) is 3.29. The number of hydrogen-bond acceptors (Lipinski definition) is 4. The molecule has 1 aromatic carbocycles. The van der Waals surface area contributed by atoms with Crippen LogP contribution in [0.2, 0.25) is 0 Å². The molecule has 6 heteroatoms. The lowest BCUT2D eigenvalue weighted by Gasteiger charge is -2.30. The number of benzene rings is 1. The Kier molecular flexibility index (Phi) is 5.71. The molecular formula is C17H18ClN3O2. The predicted molar refractivity (Wildman–Crippen MR) is 91.7 cm³/mol. The van der Waals surface area contributed by atoms with Gasteiger partial charge in [0.05, 0.1) is 6.20 Å². The first-order valence-corrected chi connectivity index (χ1v) is 7.25. The molecule has 0 aliphatic carbocycles. The molecule has 0 aromatic heterocycles. The quantitative estimate of drug-likeness (QED) is 0.800. The largest absolute Gasteiger partial charge is 0.345 e. The summed E-state index contributed by atoms with van der Waals surface area (Å²) in [7, 11) is 0. The minimum Gasteiger partial charge on any atom is -0.345 e. The topological polar surface area (TPSA) is 53.0 Å². The average Bonchev–Trinajstić information content (AvgIpc) is 2.56. The van der Waals surface area contributed by atoms with Gasteiger partial charge in [0.1, 0.15) is 6.54 Å². The van der Waals surface area contributed by atoms with Gasteiger partial charge < -0.3 is 9.80 Å². The highest BCUT2D eigenvalue weighted by molar-refractivity contribution is 5.85. The van der Waals surface area contributed by atoms with Gasteiger partial charge in [-0.15, -0.1) is 17.3 Å². The van der Waals surface area contributed by atoms with Gasteiger partial charge in [0.2, 0.25) is 5.91 Å². The molecule has 3 rings (SSSR count). The number of halogens is 1. The third-order valence-electron chi connectivity index (χ3n) is 3.92. The SMILES string of the molecule is Cl.O=NC=C1C=CN(CC(=O)N2CCc3ccccc3C2)C=C1. The lowest BCUT2D eigenvalue weighted by Crippen LogP contribution is -2.40. The highest BCUT2D eigenvalue weighted by atomic mass is 35.5. The fourth-order valence-electron chi connectivity index (χ4n) is 2.69. The van der Waals surface area contributed by atoms with E-state index in [0.29, 0.717) is 13.1 Å². The summed E-state index contributed by atoms with van der Waals surface area (Å²) >= 11 is 0. The molecule has 0 atom stereocenters. The number of allylic oxidation sites excluding steroid dienone is 3. The maximum Gasteiger partial charge on any atom is 0.242 e. The van der Waals surface area contributed by atoms with E-state index >= 15 is 0 Å². The molecule has 5 nitrogen and oxygen atoms in total. The van der Waals surface area contributed by atoms with Crippen molar-refractivity contribution < 1.29 is 4.79 Å². The molecule has 0 bridgehead atoms. The first-order chi connectivity index (χ1) is 10.8. The zero-order chi connectivity index (χ0) is 15.4. The normalized spacial score (nSPS) is 15.7. The zero-order valence-corrected chi connectivity index (χ0v) is 13.4. The summed E-state index contributed by atoms with van der Waals surface area (Å²) in [6, 6.07) is 8.26. The van der Waals surface area contributed by atoms with E-state index in [-0.39, 0.29) is 18.3 Å². The molecule has 0 unspecified atom stereocenters. The van der Waals surface area contributed by atoms with Crippen LogP contribution in [0.3, 0.4) is 0 Å². The molecule has 1 aromatic rings. The van der Waals surface area contributed by atoms with Crippen LogP contribution in [0.1, 0.15) is 11.1 Å². The van der Waals surface area contributed by atoms with Crippen LogP contribution in [0, 0.1) is 4.91 Å². The van der Waals surface area contributed by atoms with Gasteiger partial charge in [-0.05, 0) is 40.4 Å². The van der Waals surface area contributed by atoms with E-state index in [1.165, 1.54) is 17.3 Å². The van der Waals surface area contributed by atoms with Gasteiger partial charge in [-0.2, -0.15) is 0 Å². The number of carbonyl (C=O) groups is 1. The molecule has 0 saturated heterocycles. The van der Waals surface area contributed by atoms with E-state index in [1.807, 2.05) is 21.9 Å². The molecule has 120 valence electrons. The predicted octanol–water partition coefficient (Wildman–Crippen LogP) is 2.99. The van der Waals surface area contributed by atoms with Crippen molar-refractivity contribution in [2.24, 2.45) is 5.18 Å². The number of hydrogen-bond donors (Lipinski definition) is 0. The van der Waals surface area contributed by atoms with Gasteiger partial charge in [-0.3, -0.25) is 4.79 Å². The van der Waals surface area contributed by atoms with Crippen molar-refractivity contribution in [3.63, 3.8) is 0 Å². The summed E-state index contributed by atoms with van der Waals surface area (Å²) in [6.07, 6.45) is 9.25. The Labute approximate surface area is 141 Å². The summed E-state index contributed by atoms with van der Waals surface area (Å²) in [5, 5.41) is 2.73. The van der Waals surface area contributed by atoms with Crippen LogP contribution in [0.4, 0.5) is 0 Å². The lowest BCUT2D eigenvalue weighted by atomic mass is 10.00. The summed E-state index contributed by atoms with van der Waals surface area (Å²) < 4.78 is 0. The summed E-state index contributed by atoms with van der Waals surface area (Å²) in [4.78, 5) is 26.3. The molecule has 2 heterocycles. The number of rotatable bonds is 3. The number of nitroso groups, excluding NO2 is 1. The van der Waals surface area contributed by atoms with Gasteiger partial charge >= 0.3 is 0 Å². The van der Waals surface area contributed by atoms with Crippen molar-refractivity contribution in [2.75, 3.05) is 13.1 Å². The number of amides is 1. The van der Waals surface area contributed by atoms with Crippen LogP contribution in [0.25, 0.3) is 0 Å². The van der Waals surface area contributed by atoms with E-state index in [0.717, 1.165) is 18.5 Å². The van der Waals surface area contributed by atoms with Crippen molar-refractivity contribution in [1.29, 1.82) is 0 Å². The molecule has 0 spiro atoms. The zero-order valence-electron chi connectivity index (χ0n) is 12.6. The van der Waals surface area contributed by atoms with Crippen LogP contribution >= 0.6 is 12.4 Å². The van der Waals surface area contributed by atoms with Crippen LogP contribution < -0.4 is 0 Å². The Hall–Kier alpha value is -2.40. The second-order valence-electron chi connectivity index (χ2n) is 5.37. The second-order valence-corrected chi connectivity index (χ2v) is 5.37. The minimum absolute atomic E-state index is 0. The molecule has 0 fully saturated rings. The van der Waals surface area contributed by atoms with Crippen molar-refractivity contribution in [3.05, 3.63) is 76.6 Å². The fourth-order valence-corrected chi connectivity index (χ4v) is 2.69. The van der Waals surface area contributed by atoms with Crippen LogP contribution in [-0.4, -0.2) is 28.8 Å². The third-order valence-corrected chi connectivity index (χ3v) is 3.92. The highest BCUT2D eigenvalue weighted by Gasteiger charge is 2.21. The van der Waals surface area contributed by atoms with Crippen molar-refractivity contribution >= 4 is 18.3 Å². The average molecular weight is 332 g/mol. The smallest absolute Gasteiger partial charge is 0.242 e. The van der Waals surface area contributed by atoms with Crippen molar-refractivity contribution in [1.82, 2.24) is 9.80 Å². The first-order valence-electron chi connectivity index (χ1n) is 7.25. The Morgan fingerprint density at radius 3 is 2.57 bits per heavy atom. The molecule has 0 radical (unpaired) electrons. The van der Waals surface area contributed by atoms with E-state index in [1.54, 1.807) is 24.6 Å². The Bertz CT molecular complexity index is 666. The second kappa shape index (κ2) is 7.74. The molecule has 0 N–H and O–H groups in total. The molecule has 0 saturated carbocycles. The van der Waals surface area contributed by atoms with Gasteiger partial charge in [0.15, 0.2) is 0 Å². The standard InChI is InChI=1S/C17H17N3O2.ClH/c21-17(13-19-8-5-14(6-9-19)11-18-22)20-10-7-15-3-1-2-4-16(15)12-20;/h1-6,8-9,11H,7,10,12-13H2;1H. The summed E-state index contributed by atoms with van der Waals surface area (Å²) in [5.74, 6) is 0.102. The molecule has 2 aliphatic heterocycles. The van der Waals surface area contributed by atoms with Gasteiger partial charge in [0.25, 0.3) is 0 Å². The first kappa shape index (κ1) is 17.0. The number of fused-ring (bicyclic) bond motifs is 1. The van der Waals surface area contributed by atoms with E-state index in [9.17, 15) is 9.70 Å². The fraction of sp³-hybridized carbons (Fsp3) is 0.235. The lowest BCUT2D eigenvalue weighted by molar-refractivity contribution is -0.132. The molecule has 1 amide bonds. The van der Waals surface area contributed by atoms with Crippen molar-refractivity contribution in [3.8, 4) is 0 Å². The minimum atomic E-state index is 0. The Morgan fingerprint density at radius 1 is 1.17 bits per heavy atom. The number of nitrogens with zero attached hydrogens (tertiary/aromatic N) is 3. The van der Waals surface area contributed by atoms with Gasteiger partial charge in [-0.1, -0.05) is 24.3 Å². The van der Waals surface area contributed by atoms with E-state index in [4.69, 9.17) is 0 Å². The van der Waals surface area contributed by atoms with E-state index in [2.05, 4.69) is 17.3 Å². The van der Waals surface area contributed by atoms with Crippen LogP contribution in [0.5, 0.6) is 0 Å².